The minimum Gasteiger partial charge on any atom is -0.365 e. The van der Waals surface area contributed by atoms with Crippen LogP contribution in [-0.4, -0.2) is 12.7 Å². The Morgan fingerprint density at radius 1 is 1.43 bits per heavy atom. The summed E-state index contributed by atoms with van der Waals surface area (Å²) in [4.78, 5) is 0. The smallest absolute Gasteiger partial charge is 0.100 e. The van der Waals surface area contributed by atoms with E-state index in [0.717, 1.165) is 25.9 Å². The molecule has 0 N–H and O–H groups in total. The Kier molecular flexibility index (Phi) is 4.40. The standard InChI is InChI=1S/C13H22O/c1-5-8-11(6-2)13-12(7-3)10(4)9-14-13/h8,13H,5-7,9H2,1-4H3/b11-8+/t13-/m0/s1. The van der Waals surface area contributed by atoms with Crippen LogP contribution in [0.4, 0.5) is 0 Å². The topological polar surface area (TPSA) is 9.23 Å². The van der Waals surface area contributed by atoms with Crippen LogP contribution in [0.2, 0.25) is 0 Å². The highest BCUT2D eigenvalue weighted by molar-refractivity contribution is 5.31. The van der Waals surface area contributed by atoms with Crippen molar-refractivity contribution in [2.75, 3.05) is 6.61 Å². The lowest BCUT2D eigenvalue weighted by atomic mass is 9.95. The zero-order valence-electron chi connectivity index (χ0n) is 9.89. The fraction of sp³-hybridized carbons (Fsp3) is 0.692. The van der Waals surface area contributed by atoms with Gasteiger partial charge in [0, 0.05) is 0 Å². The van der Waals surface area contributed by atoms with Crippen LogP contribution in [0.15, 0.2) is 22.8 Å². The quantitative estimate of drug-likeness (QED) is 0.617. The van der Waals surface area contributed by atoms with Crippen molar-refractivity contribution in [3.8, 4) is 0 Å². The molecular weight excluding hydrogens is 172 g/mol. The Labute approximate surface area is 87.8 Å². The Morgan fingerprint density at radius 3 is 2.64 bits per heavy atom. The van der Waals surface area contributed by atoms with Crippen LogP contribution in [-0.2, 0) is 4.74 Å². The summed E-state index contributed by atoms with van der Waals surface area (Å²) < 4.78 is 5.83. The molecule has 0 amide bonds. The van der Waals surface area contributed by atoms with E-state index in [9.17, 15) is 0 Å². The first-order valence-electron chi connectivity index (χ1n) is 5.73. The lowest BCUT2D eigenvalue weighted by Gasteiger charge is -2.16. The monoisotopic (exact) mass is 194 g/mol. The van der Waals surface area contributed by atoms with E-state index in [4.69, 9.17) is 4.74 Å². The number of hydrogen-bond acceptors (Lipinski definition) is 1. The SMILES string of the molecule is CC/C=C(\CC)[C@@H]1OCC(C)=C1CC. The molecule has 0 aromatic carbocycles. The molecular formula is C13H22O. The van der Waals surface area contributed by atoms with Crippen LogP contribution in [0.5, 0.6) is 0 Å². The van der Waals surface area contributed by atoms with Gasteiger partial charge in [-0.25, -0.2) is 0 Å². The molecule has 0 aliphatic carbocycles. The molecule has 0 unspecified atom stereocenters. The summed E-state index contributed by atoms with van der Waals surface area (Å²) in [6, 6.07) is 0. The Balaban J connectivity index is 2.83. The Bertz CT molecular complexity index is 248. The summed E-state index contributed by atoms with van der Waals surface area (Å²) in [6.07, 6.45) is 5.95. The van der Waals surface area contributed by atoms with E-state index in [2.05, 4.69) is 33.8 Å². The van der Waals surface area contributed by atoms with Crippen LogP contribution in [0.1, 0.15) is 47.0 Å². The lowest BCUT2D eigenvalue weighted by Crippen LogP contribution is -2.13. The van der Waals surface area contributed by atoms with Gasteiger partial charge < -0.3 is 4.74 Å². The first-order chi connectivity index (χ1) is 6.74. The number of ether oxygens (including phenoxy) is 1. The average Bonchev–Trinajstić information content (AvgIpc) is 2.56. The molecule has 0 saturated carbocycles. The minimum absolute atomic E-state index is 0.296. The van der Waals surface area contributed by atoms with Gasteiger partial charge in [0.1, 0.15) is 6.10 Å². The van der Waals surface area contributed by atoms with E-state index < -0.39 is 0 Å². The van der Waals surface area contributed by atoms with E-state index in [0.29, 0.717) is 6.10 Å². The van der Waals surface area contributed by atoms with Gasteiger partial charge in [0.2, 0.25) is 0 Å². The molecule has 0 spiro atoms. The second kappa shape index (κ2) is 5.35. The molecule has 1 atom stereocenters. The third kappa shape index (κ3) is 2.27. The van der Waals surface area contributed by atoms with Crippen LogP contribution in [0.3, 0.4) is 0 Å². The van der Waals surface area contributed by atoms with E-state index in [1.165, 1.54) is 16.7 Å². The van der Waals surface area contributed by atoms with Crippen LogP contribution >= 0.6 is 0 Å². The summed E-state index contributed by atoms with van der Waals surface area (Å²) in [6.45, 7) is 9.64. The molecule has 0 radical (unpaired) electrons. The fourth-order valence-corrected chi connectivity index (χ4v) is 2.14. The zero-order valence-corrected chi connectivity index (χ0v) is 9.89. The lowest BCUT2D eigenvalue weighted by molar-refractivity contribution is 0.141. The fourth-order valence-electron chi connectivity index (χ4n) is 2.14. The molecule has 0 fully saturated rings. The van der Waals surface area contributed by atoms with Crippen molar-refractivity contribution in [1.29, 1.82) is 0 Å². The van der Waals surface area contributed by atoms with Gasteiger partial charge in [-0.05, 0) is 42.9 Å². The van der Waals surface area contributed by atoms with Crippen LogP contribution in [0.25, 0.3) is 0 Å². The van der Waals surface area contributed by atoms with Crippen molar-refractivity contribution in [2.24, 2.45) is 0 Å². The third-order valence-corrected chi connectivity index (χ3v) is 2.92. The normalized spacial score (nSPS) is 23.4. The van der Waals surface area contributed by atoms with Gasteiger partial charge in [0.05, 0.1) is 6.61 Å². The van der Waals surface area contributed by atoms with Crippen molar-refractivity contribution in [2.45, 2.75) is 53.1 Å². The molecule has 14 heavy (non-hydrogen) atoms. The molecule has 1 heterocycles. The predicted molar refractivity (Wildman–Crippen MR) is 61.4 cm³/mol. The van der Waals surface area contributed by atoms with Gasteiger partial charge in [0.15, 0.2) is 0 Å². The summed E-state index contributed by atoms with van der Waals surface area (Å²) in [7, 11) is 0. The van der Waals surface area contributed by atoms with Crippen molar-refractivity contribution >= 4 is 0 Å². The van der Waals surface area contributed by atoms with E-state index >= 15 is 0 Å². The second-order valence-electron chi connectivity index (χ2n) is 3.89. The van der Waals surface area contributed by atoms with Gasteiger partial charge >= 0.3 is 0 Å². The number of allylic oxidation sites excluding steroid dienone is 1. The highest BCUT2D eigenvalue weighted by Crippen LogP contribution is 2.30. The third-order valence-electron chi connectivity index (χ3n) is 2.92. The molecule has 1 aliphatic rings. The summed E-state index contributed by atoms with van der Waals surface area (Å²) in [5.74, 6) is 0. The van der Waals surface area contributed by atoms with Crippen molar-refractivity contribution in [1.82, 2.24) is 0 Å². The predicted octanol–water partition coefficient (Wildman–Crippen LogP) is 3.86. The first kappa shape index (κ1) is 11.5. The molecule has 0 bridgehead atoms. The van der Waals surface area contributed by atoms with Gasteiger partial charge in [-0.3, -0.25) is 0 Å². The molecule has 1 heteroatoms. The Morgan fingerprint density at radius 2 is 2.14 bits per heavy atom. The summed E-state index contributed by atoms with van der Waals surface area (Å²) in [5.41, 5.74) is 4.40. The van der Waals surface area contributed by atoms with Crippen LogP contribution < -0.4 is 0 Å². The van der Waals surface area contributed by atoms with Crippen molar-refractivity contribution in [3.63, 3.8) is 0 Å². The highest BCUT2D eigenvalue weighted by Gasteiger charge is 2.24. The summed E-state index contributed by atoms with van der Waals surface area (Å²) >= 11 is 0. The van der Waals surface area contributed by atoms with Gasteiger partial charge in [-0.1, -0.05) is 26.8 Å². The van der Waals surface area contributed by atoms with Crippen molar-refractivity contribution < 1.29 is 4.74 Å². The largest absolute Gasteiger partial charge is 0.365 e. The molecule has 1 rings (SSSR count). The van der Waals surface area contributed by atoms with Gasteiger partial charge in [-0.15, -0.1) is 0 Å². The molecule has 1 aliphatic heterocycles. The number of rotatable bonds is 4. The van der Waals surface area contributed by atoms with E-state index in [1.54, 1.807) is 0 Å². The van der Waals surface area contributed by atoms with Gasteiger partial charge in [0.25, 0.3) is 0 Å². The maximum Gasteiger partial charge on any atom is 0.100 e. The average molecular weight is 194 g/mol. The summed E-state index contributed by atoms with van der Waals surface area (Å²) in [5, 5.41) is 0. The van der Waals surface area contributed by atoms with E-state index in [-0.39, 0.29) is 0 Å². The first-order valence-corrected chi connectivity index (χ1v) is 5.73. The van der Waals surface area contributed by atoms with Gasteiger partial charge in [-0.2, -0.15) is 0 Å². The highest BCUT2D eigenvalue weighted by atomic mass is 16.5. The maximum atomic E-state index is 5.83. The molecule has 0 saturated heterocycles. The molecule has 80 valence electrons. The molecule has 1 nitrogen and oxygen atoms in total. The van der Waals surface area contributed by atoms with Crippen molar-refractivity contribution in [3.05, 3.63) is 22.8 Å². The number of hydrogen-bond donors (Lipinski definition) is 0. The minimum atomic E-state index is 0.296. The Hall–Kier alpha value is -0.560. The molecule has 0 aromatic heterocycles. The second-order valence-corrected chi connectivity index (χ2v) is 3.89. The zero-order chi connectivity index (χ0) is 10.6. The van der Waals surface area contributed by atoms with E-state index in [1.807, 2.05) is 0 Å². The maximum absolute atomic E-state index is 5.83. The molecule has 0 aromatic rings. The van der Waals surface area contributed by atoms with Crippen LogP contribution in [0, 0.1) is 0 Å².